The summed E-state index contributed by atoms with van der Waals surface area (Å²) in [6.45, 7) is 2.79. The van der Waals surface area contributed by atoms with Crippen molar-refractivity contribution in [2.75, 3.05) is 20.8 Å². The highest BCUT2D eigenvalue weighted by atomic mass is 16.6. The van der Waals surface area contributed by atoms with Gasteiger partial charge in [0.25, 0.3) is 5.91 Å². The second-order valence-electron chi connectivity index (χ2n) is 4.81. The molecule has 1 rings (SSSR count). The molecule has 0 heterocycles. The second-order valence-corrected chi connectivity index (χ2v) is 4.81. The average Bonchev–Trinajstić information content (AvgIpc) is 2.60. The van der Waals surface area contributed by atoms with E-state index < -0.39 is 30.7 Å². The molecule has 0 aliphatic carbocycles. The summed E-state index contributed by atoms with van der Waals surface area (Å²) in [7, 11) is 2.60. The molecule has 0 aromatic heterocycles. The quantitative estimate of drug-likeness (QED) is 0.749. The van der Waals surface area contributed by atoms with Gasteiger partial charge in [-0.2, -0.15) is 0 Å². The van der Waals surface area contributed by atoms with Crippen molar-refractivity contribution in [1.82, 2.24) is 5.32 Å². The van der Waals surface area contributed by atoms with Gasteiger partial charge in [0.05, 0.1) is 14.2 Å². The minimum absolute atomic E-state index is 0.361. The molecule has 0 saturated heterocycles. The van der Waals surface area contributed by atoms with Crippen molar-refractivity contribution in [1.29, 1.82) is 0 Å². The molecule has 1 aromatic rings. The number of hydrogen-bond donors (Lipinski definition) is 1. The molecule has 0 unspecified atom stereocenters. The van der Waals surface area contributed by atoms with Crippen molar-refractivity contribution in [3.05, 3.63) is 29.8 Å². The zero-order valence-electron chi connectivity index (χ0n) is 14.5. The van der Waals surface area contributed by atoms with Crippen molar-refractivity contribution < 1.29 is 33.3 Å². The second kappa shape index (κ2) is 9.96. The molecule has 25 heavy (non-hydrogen) atoms. The summed E-state index contributed by atoms with van der Waals surface area (Å²) >= 11 is 0. The Labute approximate surface area is 145 Å². The third-order valence-electron chi connectivity index (χ3n) is 2.98. The number of amides is 2. The third-order valence-corrected chi connectivity index (χ3v) is 2.98. The first-order valence-corrected chi connectivity index (χ1v) is 7.43. The summed E-state index contributed by atoms with van der Waals surface area (Å²) < 4.78 is 19.7. The van der Waals surface area contributed by atoms with E-state index >= 15 is 0 Å². The van der Waals surface area contributed by atoms with Gasteiger partial charge in [-0.05, 0) is 31.5 Å². The molecule has 1 aromatic carbocycles. The zero-order chi connectivity index (χ0) is 18.8. The topological polar surface area (TPSA) is 100 Å². The van der Waals surface area contributed by atoms with Crippen molar-refractivity contribution in [3.8, 4) is 11.5 Å². The average molecular weight is 351 g/mol. The van der Waals surface area contributed by atoms with Gasteiger partial charge in [0, 0.05) is 0 Å². The van der Waals surface area contributed by atoms with Gasteiger partial charge < -0.3 is 18.9 Å². The van der Waals surface area contributed by atoms with E-state index in [0.29, 0.717) is 11.5 Å². The Balaban J connectivity index is 2.58. The summed E-state index contributed by atoms with van der Waals surface area (Å²) in [4.78, 5) is 34.3. The van der Waals surface area contributed by atoms with Crippen LogP contribution >= 0.6 is 0 Å². The Morgan fingerprint density at radius 2 is 1.92 bits per heavy atom. The highest BCUT2D eigenvalue weighted by Crippen LogP contribution is 2.28. The highest BCUT2D eigenvalue weighted by Gasteiger charge is 2.20. The summed E-state index contributed by atoms with van der Waals surface area (Å²) in [5.41, 5.74) is 0.919. The molecule has 0 fully saturated rings. The van der Waals surface area contributed by atoms with Crippen LogP contribution in [-0.2, 0) is 19.1 Å². The van der Waals surface area contributed by atoms with Crippen LogP contribution in [0.4, 0.5) is 4.79 Å². The minimum atomic E-state index is -1.17. The summed E-state index contributed by atoms with van der Waals surface area (Å²) in [5, 5.41) is 1.90. The van der Waals surface area contributed by atoms with Crippen molar-refractivity contribution in [2.24, 2.45) is 0 Å². The van der Waals surface area contributed by atoms with Gasteiger partial charge in [-0.3, -0.25) is 10.1 Å². The predicted molar refractivity (Wildman–Crippen MR) is 89.3 cm³/mol. The lowest BCUT2D eigenvalue weighted by molar-refractivity contribution is -0.156. The van der Waals surface area contributed by atoms with Crippen LogP contribution in [0.3, 0.4) is 0 Å². The van der Waals surface area contributed by atoms with Crippen LogP contribution in [0.1, 0.15) is 19.4 Å². The maximum Gasteiger partial charge on any atom is 0.413 e. The molecule has 1 atom stereocenters. The Morgan fingerprint density at radius 3 is 2.52 bits per heavy atom. The highest BCUT2D eigenvalue weighted by molar-refractivity contribution is 5.95. The van der Waals surface area contributed by atoms with Crippen LogP contribution in [0.25, 0.3) is 6.08 Å². The zero-order valence-corrected chi connectivity index (χ0v) is 14.5. The Hall–Kier alpha value is -3.03. The molecule has 0 aliphatic rings. The largest absolute Gasteiger partial charge is 0.493 e. The molecular weight excluding hydrogens is 330 g/mol. The smallest absolute Gasteiger partial charge is 0.413 e. The number of rotatable bonds is 7. The monoisotopic (exact) mass is 351 g/mol. The minimum Gasteiger partial charge on any atom is -0.493 e. The maximum atomic E-state index is 11.8. The van der Waals surface area contributed by atoms with Gasteiger partial charge in [-0.15, -0.1) is 0 Å². The van der Waals surface area contributed by atoms with Crippen LogP contribution < -0.4 is 14.8 Å². The standard InChI is InChI=1S/C17H21NO7/c1-5-6-12-7-8-13(14(9-12)22-3)24-10-15(19)25-11(2)16(20)18-17(21)23-4/h5-9,11H,10H2,1-4H3,(H,18,20,21)/b6-5+/t11-/m1/s1. The van der Waals surface area contributed by atoms with Crippen molar-refractivity contribution in [2.45, 2.75) is 20.0 Å². The van der Waals surface area contributed by atoms with Gasteiger partial charge in [0.15, 0.2) is 24.2 Å². The number of nitrogens with one attached hydrogen (secondary N) is 1. The molecule has 0 saturated carbocycles. The fourth-order valence-corrected chi connectivity index (χ4v) is 1.77. The molecule has 0 radical (unpaired) electrons. The fourth-order valence-electron chi connectivity index (χ4n) is 1.77. The lowest BCUT2D eigenvalue weighted by atomic mass is 10.2. The lowest BCUT2D eigenvalue weighted by Gasteiger charge is -2.14. The van der Waals surface area contributed by atoms with E-state index in [1.165, 1.54) is 14.0 Å². The van der Waals surface area contributed by atoms with Gasteiger partial charge in [0.1, 0.15) is 0 Å². The van der Waals surface area contributed by atoms with E-state index in [9.17, 15) is 14.4 Å². The van der Waals surface area contributed by atoms with Crippen LogP contribution in [0.5, 0.6) is 11.5 Å². The van der Waals surface area contributed by atoms with E-state index in [4.69, 9.17) is 14.2 Å². The molecule has 0 aliphatic heterocycles. The first-order valence-electron chi connectivity index (χ1n) is 7.43. The molecular formula is C17H21NO7. The number of hydrogen-bond acceptors (Lipinski definition) is 7. The molecule has 8 nitrogen and oxygen atoms in total. The fraction of sp³-hybridized carbons (Fsp3) is 0.353. The van der Waals surface area contributed by atoms with E-state index in [1.807, 2.05) is 24.4 Å². The number of allylic oxidation sites excluding steroid dienone is 1. The number of carbonyl (C=O) groups is 3. The first-order chi connectivity index (χ1) is 11.9. The third kappa shape index (κ3) is 6.54. The predicted octanol–water partition coefficient (Wildman–Crippen LogP) is 1.92. The SMILES string of the molecule is C/C=C/c1ccc(OCC(=O)O[C@H](C)C(=O)NC(=O)OC)c(OC)c1. The number of methoxy groups -OCH3 is 2. The summed E-state index contributed by atoms with van der Waals surface area (Å²) in [5.74, 6) is -0.750. The Morgan fingerprint density at radius 1 is 1.20 bits per heavy atom. The summed E-state index contributed by atoms with van der Waals surface area (Å²) in [6, 6.07) is 5.22. The van der Waals surface area contributed by atoms with Gasteiger partial charge in [-0.25, -0.2) is 9.59 Å². The molecule has 1 N–H and O–H groups in total. The molecule has 0 spiro atoms. The van der Waals surface area contributed by atoms with Crippen LogP contribution in [0.2, 0.25) is 0 Å². The van der Waals surface area contributed by atoms with Crippen LogP contribution in [0, 0.1) is 0 Å². The molecule has 0 bridgehead atoms. The number of ether oxygens (including phenoxy) is 4. The number of carbonyl (C=O) groups excluding carboxylic acids is 3. The van der Waals surface area contributed by atoms with Crippen LogP contribution in [0.15, 0.2) is 24.3 Å². The molecule has 8 heteroatoms. The van der Waals surface area contributed by atoms with Crippen molar-refractivity contribution >= 4 is 24.0 Å². The first kappa shape index (κ1) is 20.0. The number of esters is 1. The Bertz CT molecular complexity index is 654. The number of benzene rings is 1. The van der Waals surface area contributed by atoms with E-state index in [0.717, 1.165) is 12.7 Å². The normalized spacial score (nSPS) is 11.5. The molecule has 136 valence electrons. The van der Waals surface area contributed by atoms with Crippen molar-refractivity contribution in [3.63, 3.8) is 0 Å². The van der Waals surface area contributed by atoms with Gasteiger partial charge >= 0.3 is 12.1 Å². The Kier molecular flexibility index (Phi) is 7.98. The van der Waals surface area contributed by atoms with E-state index in [2.05, 4.69) is 4.74 Å². The maximum absolute atomic E-state index is 11.8. The van der Waals surface area contributed by atoms with Gasteiger partial charge in [-0.1, -0.05) is 18.2 Å². The number of imide groups is 1. The van der Waals surface area contributed by atoms with Gasteiger partial charge in [0.2, 0.25) is 0 Å². The number of alkyl carbamates (subject to hydrolysis) is 1. The van der Waals surface area contributed by atoms with E-state index in [1.54, 1.807) is 18.2 Å². The summed E-state index contributed by atoms with van der Waals surface area (Å²) in [6.07, 6.45) is 1.67. The van der Waals surface area contributed by atoms with Crippen LogP contribution in [-0.4, -0.2) is 44.9 Å². The van der Waals surface area contributed by atoms with E-state index in [-0.39, 0.29) is 0 Å². The lowest BCUT2D eigenvalue weighted by Crippen LogP contribution is -2.40. The molecule has 2 amide bonds.